The minimum atomic E-state index is -0.370. The van der Waals surface area contributed by atoms with Gasteiger partial charge in [0, 0.05) is 12.6 Å². The fourth-order valence-corrected chi connectivity index (χ4v) is 2.25. The van der Waals surface area contributed by atoms with Crippen LogP contribution in [0.25, 0.3) is 0 Å². The summed E-state index contributed by atoms with van der Waals surface area (Å²) in [5.41, 5.74) is 1.97. The SMILES string of the molecule is COC(=O)C(C)CN(C(=O)C=C(C)C)C(C)c1ccccc1. The number of ether oxygens (including phenoxy) is 1. The molecule has 120 valence electrons. The minimum absolute atomic E-state index is 0.0906. The Morgan fingerprint density at radius 1 is 1.18 bits per heavy atom. The van der Waals surface area contributed by atoms with E-state index in [9.17, 15) is 9.59 Å². The number of carbonyl (C=O) groups is 2. The Morgan fingerprint density at radius 2 is 1.77 bits per heavy atom. The highest BCUT2D eigenvalue weighted by molar-refractivity contribution is 5.89. The molecule has 4 heteroatoms. The second kappa shape index (κ2) is 8.37. The van der Waals surface area contributed by atoms with Crippen molar-refractivity contribution in [1.29, 1.82) is 0 Å². The highest BCUT2D eigenvalue weighted by Gasteiger charge is 2.25. The summed E-state index contributed by atoms with van der Waals surface area (Å²) in [6.45, 7) is 7.83. The molecule has 1 aromatic carbocycles. The van der Waals surface area contributed by atoms with Crippen molar-refractivity contribution < 1.29 is 14.3 Å². The van der Waals surface area contributed by atoms with Gasteiger partial charge in [-0.25, -0.2) is 0 Å². The number of amides is 1. The van der Waals surface area contributed by atoms with Crippen LogP contribution in [0, 0.1) is 5.92 Å². The minimum Gasteiger partial charge on any atom is -0.469 e. The average Bonchev–Trinajstić information content (AvgIpc) is 2.50. The smallest absolute Gasteiger partial charge is 0.310 e. The first kappa shape index (κ1) is 18.0. The second-order valence-corrected chi connectivity index (χ2v) is 5.72. The van der Waals surface area contributed by atoms with Gasteiger partial charge in [0.25, 0.3) is 0 Å². The van der Waals surface area contributed by atoms with Gasteiger partial charge in [-0.3, -0.25) is 9.59 Å². The molecule has 0 bridgehead atoms. The highest BCUT2D eigenvalue weighted by Crippen LogP contribution is 2.22. The van der Waals surface area contributed by atoms with Gasteiger partial charge >= 0.3 is 5.97 Å². The van der Waals surface area contributed by atoms with E-state index < -0.39 is 0 Å². The zero-order chi connectivity index (χ0) is 16.7. The molecule has 0 fully saturated rings. The van der Waals surface area contributed by atoms with Crippen molar-refractivity contribution in [2.45, 2.75) is 33.7 Å². The summed E-state index contributed by atoms with van der Waals surface area (Å²) >= 11 is 0. The monoisotopic (exact) mass is 303 g/mol. The number of allylic oxidation sites excluding steroid dienone is 1. The van der Waals surface area contributed by atoms with Gasteiger partial charge in [0.2, 0.25) is 5.91 Å². The number of hydrogen-bond acceptors (Lipinski definition) is 3. The van der Waals surface area contributed by atoms with E-state index in [-0.39, 0.29) is 23.8 Å². The van der Waals surface area contributed by atoms with Crippen molar-refractivity contribution in [1.82, 2.24) is 4.90 Å². The molecule has 2 atom stereocenters. The normalized spacial score (nSPS) is 13.0. The molecule has 4 nitrogen and oxygen atoms in total. The Bertz CT molecular complexity index is 533. The van der Waals surface area contributed by atoms with Gasteiger partial charge in [-0.15, -0.1) is 0 Å². The molecule has 0 aliphatic rings. The maximum absolute atomic E-state index is 12.5. The molecule has 0 aliphatic heterocycles. The summed E-state index contributed by atoms with van der Waals surface area (Å²) in [6.07, 6.45) is 1.60. The molecule has 0 heterocycles. The third kappa shape index (κ3) is 5.02. The van der Waals surface area contributed by atoms with E-state index in [1.54, 1.807) is 17.9 Å². The van der Waals surface area contributed by atoms with E-state index in [0.29, 0.717) is 6.54 Å². The van der Waals surface area contributed by atoms with Gasteiger partial charge < -0.3 is 9.64 Å². The van der Waals surface area contributed by atoms with Gasteiger partial charge in [0.1, 0.15) is 0 Å². The standard InChI is InChI=1S/C18H25NO3/c1-13(2)11-17(20)19(12-14(3)18(21)22-5)15(4)16-9-7-6-8-10-16/h6-11,14-15H,12H2,1-5H3. The van der Waals surface area contributed by atoms with Crippen molar-refractivity contribution in [3.63, 3.8) is 0 Å². The van der Waals surface area contributed by atoms with Crippen LogP contribution < -0.4 is 0 Å². The number of esters is 1. The van der Waals surface area contributed by atoms with Gasteiger partial charge in [0.05, 0.1) is 19.1 Å². The van der Waals surface area contributed by atoms with Crippen LogP contribution >= 0.6 is 0 Å². The zero-order valence-corrected chi connectivity index (χ0v) is 14.0. The summed E-state index contributed by atoms with van der Waals surface area (Å²) in [5, 5.41) is 0. The van der Waals surface area contributed by atoms with Crippen LogP contribution in [0.1, 0.15) is 39.3 Å². The maximum Gasteiger partial charge on any atom is 0.310 e. The van der Waals surface area contributed by atoms with E-state index in [0.717, 1.165) is 11.1 Å². The lowest BCUT2D eigenvalue weighted by Crippen LogP contribution is -2.38. The largest absolute Gasteiger partial charge is 0.469 e. The third-order valence-corrected chi connectivity index (χ3v) is 3.52. The molecule has 2 unspecified atom stereocenters. The Hall–Kier alpha value is -2.10. The summed E-state index contributed by atoms with van der Waals surface area (Å²) < 4.78 is 4.77. The lowest BCUT2D eigenvalue weighted by atomic mass is 10.0. The maximum atomic E-state index is 12.5. The van der Waals surface area contributed by atoms with Crippen LogP contribution in [0.2, 0.25) is 0 Å². The average molecular weight is 303 g/mol. The van der Waals surface area contributed by atoms with E-state index in [4.69, 9.17) is 4.74 Å². The molecule has 0 spiro atoms. The quantitative estimate of drug-likeness (QED) is 0.598. The topological polar surface area (TPSA) is 46.6 Å². The van der Waals surface area contributed by atoms with Gasteiger partial charge in [-0.05, 0) is 26.3 Å². The van der Waals surface area contributed by atoms with Crippen LogP contribution in [0.4, 0.5) is 0 Å². The first-order valence-corrected chi connectivity index (χ1v) is 7.45. The first-order chi connectivity index (χ1) is 10.4. The summed E-state index contributed by atoms with van der Waals surface area (Å²) in [5.74, 6) is -0.770. The van der Waals surface area contributed by atoms with Crippen molar-refractivity contribution in [2.24, 2.45) is 5.92 Å². The summed E-state index contributed by atoms with van der Waals surface area (Å²) in [6, 6.07) is 9.68. The second-order valence-electron chi connectivity index (χ2n) is 5.72. The molecule has 0 saturated heterocycles. The lowest BCUT2D eigenvalue weighted by Gasteiger charge is -2.30. The third-order valence-electron chi connectivity index (χ3n) is 3.52. The number of nitrogens with zero attached hydrogens (tertiary/aromatic N) is 1. The Balaban J connectivity index is 3.03. The number of methoxy groups -OCH3 is 1. The molecule has 1 amide bonds. The molecule has 1 aromatic rings. The number of carbonyl (C=O) groups excluding carboxylic acids is 2. The highest BCUT2D eigenvalue weighted by atomic mass is 16.5. The molecular weight excluding hydrogens is 278 g/mol. The van der Waals surface area contributed by atoms with E-state index >= 15 is 0 Å². The van der Waals surface area contributed by atoms with Crippen LogP contribution in [-0.4, -0.2) is 30.4 Å². The number of benzene rings is 1. The molecule has 0 aliphatic carbocycles. The van der Waals surface area contributed by atoms with Crippen molar-refractivity contribution >= 4 is 11.9 Å². The molecule has 1 rings (SSSR count). The summed E-state index contributed by atoms with van der Waals surface area (Å²) in [4.78, 5) is 25.9. The molecule has 0 saturated carbocycles. The van der Waals surface area contributed by atoms with Gasteiger partial charge in [-0.2, -0.15) is 0 Å². The van der Waals surface area contributed by atoms with Crippen LogP contribution in [-0.2, 0) is 14.3 Å². The van der Waals surface area contributed by atoms with Crippen LogP contribution in [0.3, 0.4) is 0 Å². The number of rotatable bonds is 6. The molecular formula is C18H25NO3. The molecule has 22 heavy (non-hydrogen) atoms. The summed E-state index contributed by atoms with van der Waals surface area (Å²) in [7, 11) is 1.36. The molecule has 0 aromatic heterocycles. The predicted molar refractivity (Wildman–Crippen MR) is 87.2 cm³/mol. The fourth-order valence-electron chi connectivity index (χ4n) is 2.25. The zero-order valence-electron chi connectivity index (χ0n) is 14.0. The van der Waals surface area contributed by atoms with Crippen LogP contribution in [0.15, 0.2) is 42.0 Å². The van der Waals surface area contributed by atoms with Crippen molar-refractivity contribution in [3.05, 3.63) is 47.5 Å². The van der Waals surface area contributed by atoms with E-state index in [2.05, 4.69) is 0 Å². The van der Waals surface area contributed by atoms with E-state index in [1.807, 2.05) is 51.1 Å². The van der Waals surface area contributed by atoms with Crippen molar-refractivity contribution in [2.75, 3.05) is 13.7 Å². The van der Waals surface area contributed by atoms with Crippen LogP contribution in [0.5, 0.6) is 0 Å². The van der Waals surface area contributed by atoms with Gasteiger partial charge in [0.15, 0.2) is 0 Å². The van der Waals surface area contributed by atoms with E-state index in [1.165, 1.54) is 7.11 Å². The van der Waals surface area contributed by atoms with Crippen molar-refractivity contribution in [3.8, 4) is 0 Å². The molecule has 0 N–H and O–H groups in total. The first-order valence-electron chi connectivity index (χ1n) is 7.45. The molecule has 0 radical (unpaired) electrons. The Labute approximate surface area is 132 Å². The Morgan fingerprint density at radius 3 is 2.27 bits per heavy atom. The number of hydrogen-bond donors (Lipinski definition) is 0. The predicted octanol–water partition coefficient (Wildman–Crippen LogP) is 3.35. The van der Waals surface area contributed by atoms with Gasteiger partial charge in [-0.1, -0.05) is 42.8 Å². The fraction of sp³-hybridized carbons (Fsp3) is 0.444. The lowest BCUT2D eigenvalue weighted by molar-refractivity contribution is -0.146. The Kier molecular flexibility index (Phi) is 6.83.